The van der Waals surface area contributed by atoms with Crippen molar-refractivity contribution < 1.29 is 17.7 Å². The van der Waals surface area contributed by atoms with E-state index in [9.17, 15) is 5.26 Å². The topological polar surface area (TPSA) is 60.7 Å². The van der Waals surface area contributed by atoms with E-state index in [0.717, 1.165) is 0 Å². The quantitative estimate of drug-likeness (QED) is 0.674. The van der Waals surface area contributed by atoms with Crippen molar-refractivity contribution in [2.75, 3.05) is 6.61 Å². The maximum absolute atomic E-state index is 9.62. The van der Waals surface area contributed by atoms with Gasteiger partial charge in [-0.2, -0.15) is 5.26 Å². The lowest BCUT2D eigenvalue weighted by atomic mass is 9.86. The molecule has 26 heavy (non-hydrogen) atoms. The smallest absolute Gasteiger partial charge is 0.335 e. The molecular formula is C18H34BNO4Si2. The Hall–Kier alpha value is -0.171. The van der Waals surface area contributed by atoms with Gasteiger partial charge in [-0.1, -0.05) is 55.4 Å². The van der Waals surface area contributed by atoms with Crippen LogP contribution in [0.15, 0.2) is 0 Å². The SMILES string of the molecule is [B][C@@H]1O[C@@H]2CO[Si](C(C)C)(C(C)C)O[Si](C(C)C)(C(C)C)O[C@@H]2C1C#N. The van der Waals surface area contributed by atoms with Gasteiger partial charge in [-0.3, -0.25) is 0 Å². The molecule has 146 valence electrons. The summed E-state index contributed by atoms with van der Waals surface area (Å²) in [5, 5.41) is 9.62. The molecule has 0 aromatic heterocycles. The highest BCUT2D eigenvalue weighted by Gasteiger charge is 2.61. The third-order valence-corrected chi connectivity index (χ3v) is 16.1. The first-order valence-electron chi connectivity index (χ1n) is 9.84. The molecule has 0 aromatic carbocycles. The van der Waals surface area contributed by atoms with Gasteiger partial charge in [0.15, 0.2) is 0 Å². The Bertz CT molecular complexity index is 522. The van der Waals surface area contributed by atoms with Crippen LogP contribution in [0.5, 0.6) is 0 Å². The zero-order valence-electron chi connectivity index (χ0n) is 17.5. The van der Waals surface area contributed by atoms with Crippen LogP contribution in [0.1, 0.15) is 55.4 Å². The van der Waals surface area contributed by atoms with E-state index in [4.69, 9.17) is 25.6 Å². The molecule has 2 aliphatic rings. The highest BCUT2D eigenvalue weighted by Crippen LogP contribution is 2.47. The monoisotopic (exact) mass is 395 g/mol. The normalized spacial score (nSPS) is 34.0. The van der Waals surface area contributed by atoms with E-state index in [-0.39, 0.29) is 28.3 Å². The molecule has 2 rings (SSSR count). The second kappa shape index (κ2) is 8.06. The van der Waals surface area contributed by atoms with Gasteiger partial charge in [-0.15, -0.1) is 0 Å². The van der Waals surface area contributed by atoms with E-state index in [1.54, 1.807) is 0 Å². The standard InChI is InChI=1S/C18H34BNO4Si2/c1-11(2)25(12(3)4)21-10-16-17(15(9-20)18(19)22-16)23-26(24-25,13(5)6)14(7)8/h11-18H,10H2,1-8H3/t15?,16-,17-,18-/m1/s1. The van der Waals surface area contributed by atoms with Crippen molar-refractivity contribution in [2.24, 2.45) is 5.92 Å². The number of ether oxygens (including phenoxy) is 1. The molecule has 2 radical (unpaired) electrons. The van der Waals surface area contributed by atoms with Crippen molar-refractivity contribution in [1.29, 1.82) is 5.26 Å². The molecule has 0 amide bonds. The van der Waals surface area contributed by atoms with Crippen LogP contribution in [0.2, 0.25) is 22.2 Å². The van der Waals surface area contributed by atoms with E-state index >= 15 is 0 Å². The summed E-state index contributed by atoms with van der Waals surface area (Å²) in [4.78, 5) is 0. The van der Waals surface area contributed by atoms with Gasteiger partial charge in [0.05, 0.1) is 24.7 Å². The molecule has 2 saturated heterocycles. The third-order valence-electron chi connectivity index (χ3n) is 5.89. The predicted octanol–water partition coefficient (Wildman–Crippen LogP) is 3.98. The first kappa shape index (κ1) is 22.1. The third kappa shape index (κ3) is 3.59. The highest BCUT2D eigenvalue weighted by molar-refractivity contribution is 6.83. The van der Waals surface area contributed by atoms with Gasteiger partial charge in [0.2, 0.25) is 0 Å². The number of fused-ring (bicyclic) bond motifs is 1. The van der Waals surface area contributed by atoms with Gasteiger partial charge in [-0.25, -0.2) is 0 Å². The molecule has 0 bridgehead atoms. The van der Waals surface area contributed by atoms with Crippen molar-refractivity contribution in [2.45, 2.75) is 95.8 Å². The van der Waals surface area contributed by atoms with E-state index in [0.29, 0.717) is 6.61 Å². The van der Waals surface area contributed by atoms with Crippen LogP contribution in [0, 0.1) is 17.2 Å². The zero-order valence-corrected chi connectivity index (χ0v) is 19.5. The Labute approximate surface area is 162 Å². The first-order chi connectivity index (χ1) is 12.0. The van der Waals surface area contributed by atoms with E-state index in [1.165, 1.54) is 0 Å². The molecule has 0 aliphatic carbocycles. The highest BCUT2D eigenvalue weighted by atomic mass is 28.5. The van der Waals surface area contributed by atoms with Gasteiger partial charge in [0, 0.05) is 6.00 Å². The second-order valence-electron chi connectivity index (χ2n) is 8.85. The summed E-state index contributed by atoms with van der Waals surface area (Å²) in [6.45, 7) is 17.8. The molecule has 0 saturated carbocycles. The molecule has 2 heterocycles. The average molecular weight is 395 g/mol. The maximum atomic E-state index is 9.62. The van der Waals surface area contributed by atoms with Crippen LogP contribution in [-0.2, 0) is 17.7 Å². The van der Waals surface area contributed by atoms with Crippen LogP contribution in [0.4, 0.5) is 0 Å². The molecule has 2 fully saturated rings. The first-order valence-corrected chi connectivity index (χ1v) is 13.8. The van der Waals surface area contributed by atoms with Crippen LogP contribution in [0.25, 0.3) is 0 Å². The Kier molecular flexibility index (Phi) is 6.86. The minimum Gasteiger partial charge on any atom is -0.414 e. The molecule has 5 nitrogen and oxygen atoms in total. The lowest BCUT2D eigenvalue weighted by molar-refractivity contribution is -0.0262. The van der Waals surface area contributed by atoms with Crippen molar-refractivity contribution in [1.82, 2.24) is 0 Å². The van der Waals surface area contributed by atoms with E-state index in [1.807, 2.05) is 0 Å². The Morgan fingerprint density at radius 1 is 0.923 bits per heavy atom. The van der Waals surface area contributed by atoms with Crippen LogP contribution >= 0.6 is 0 Å². The van der Waals surface area contributed by atoms with Crippen molar-refractivity contribution in [3.05, 3.63) is 0 Å². The van der Waals surface area contributed by atoms with E-state index < -0.39 is 35.1 Å². The largest absolute Gasteiger partial charge is 0.414 e. The predicted molar refractivity (Wildman–Crippen MR) is 107 cm³/mol. The van der Waals surface area contributed by atoms with Crippen molar-refractivity contribution >= 4 is 25.0 Å². The Morgan fingerprint density at radius 3 is 1.85 bits per heavy atom. The second-order valence-corrected chi connectivity index (χ2v) is 17.7. The maximum Gasteiger partial charge on any atom is 0.335 e. The van der Waals surface area contributed by atoms with Crippen LogP contribution in [0.3, 0.4) is 0 Å². The van der Waals surface area contributed by atoms with Gasteiger partial charge < -0.3 is 17.7 Å². The number of rotatable bonds is 4. The lowest BCUT2D eigenvalue weighted by Crippen LogP contribution is -2.65. The van der Waals surface area contributed by atoms with Crippen LogP contribution < -0.4 is 0 Å². The van der Waals surface area contributed by atoms with Gasteiger partial charge in [0.1, 0.15) is 14.0 Å². The van der Waals surface area contributed by atoms with Gasteiger partial charge >= 0.3 is 17.1 Å². The summed E-state index contributed by atoms with van der Waals surface area (Å²) >= 11 is 0. The summed E-state index contributed by atoms with van der Waals surface area (Å²) in [5.74, 6) is -0.496. The number of hydrogen-bond donors (Lipinski definition) is 0. The Morgan fingerprint density at radius 2 is 1.42 bits per heavy atom. The van der Waals surface area contributed by atoms with Gasteiger partial charge in [0.25, 0.3) is 0 Å². The number of hydrogen-bond acceptors (Lipinski definition) is 5. The molecule has 0 N–H and O–H groups in total. The van der Waals surface area contributed by atoms with Crippen molar-refractivity contribution in [3.8, 4) is 6.07 Å². The molecule has 1 unspecified atom stereocenters. The summed E-state index contributed by atoms with van der Waals surface area (Å²) in [6.07, 6.45) is -0.704. The fourth-order valence-electron chi connectivity index (χ4n) is 4.35. The number of nitrogens with zero attached hydrogens (tertiary/aromatic N) is 1. The Balaban J connectivity index is 2.56. The van der Waals surface area contributed by atoms with Crippen LogP contribution in [-0.4, -0.2) is 49.8 Å². The molecule has 4 atom stereocenters. The molecule has 8 heteroatoms. The zero-order chi connectivity index (χ0) is 19.9. The molecular weight excluding hydrogens is 361 g/mol. The average Bonchev–Trinajstić information content (AvgIpc) is 2.80. The molecule has 2 aliphatic heterocycles. The molecule has 0 spiro atoms. The van der Waals surface area contributed by atoms with Crippen molar-refractivity contribution in [3.63, 3.8) is 0 Å². The van der Waals surface area contributed by atoms with E-state index in [2.05, 4.69) is 61.5 Å². The lowest BCUT2D eigenvalue weighted by Gasteiger charge is -2.51. The summed E-state index contributed by atoms with van der Waals surface area (Å²) in [5.41, 5.74) is 1.03. The molecule has 0 aromatic rings. The minimum absolute atomic E-state index is 0.227. The fourth-order valence-corrected chi connectivity index (χ4v) is 15.6. The summed E-state index contributed by atoms with van der Waals surface area (Å²) in [7, 11) is 0.818. The summed E-state index contributed by atoms with van der Waals surface area (Å²) < 4.78 is 26.4. The fraction of sp³-hybridized carbons (Fsp3) is 0.944. The summed E-state index contributed by atoms with van der Waals surface area (Å²) in [6, 6.07) is 1.65. The number of nitriles is 1. The van der Waals surface area contributed by atoms with Gasteiger partial charge in [-0.05, 0) is 22.2 Å². The minimum atomic E-state index is -2.70.